The van der Waals surface area contributed by atoms with Gasteiger partial charge in [-0.3, -0.25) is 9.59 Å². The van der Waals surface area contributed by atoms with E-state index in [0.717, 1.165) is 12.1 Å². The fraction of sp³-hybridized carbons (Fsp3) is 0.304. The van der Waals surface area contributed by atoms with Crippen LogP contribution in [0, 0.1) is 0 Å². The summed E-state index contributed by atoms with van der Waals surface area (Å²) in [5, 5.41) is 11.5. The topological polar surface area (TPSA) is 70.1 Å². The lowest BCUT2D eigenvalue weighted by Gasteiger charge is -2.26. The number of carbonyl (C=O) groups is 2. The van der Waals surface area contributed by atoms with E-state index in [2.05, 4.69) is 0 Å². The molecular weight excluding hydrogens is 404 g/mol. The highest BCUT2D eigenvalue weighted by Gasteiger charge is 2.45. The Morgan fingerprint density at radius 2 is 1.73 bits per heavy atom. The Balaban J connectivity index is 2.07. The summed E-state index contributed by atoms with van der Waals surface area (Å²) in [5.74, 6) is -0.833. The molecule has 6 nitrogen and oxygen atoms in total. The Bertz CT molecular complexity index is 952. The molecule has 3 rings (SSSR count). The Morgan fingerprint density at radius 3 is 2.30 bits per heavy atom. The quantitative estimate of drug-likeness (QED) is 0.413. The van der Waals surface area contributed by atoms with Crippen LogP contribution < -0.4 is 4.74 Å². The second-order valence-corrected chi connectivity index (χ2v) is 7.87. The average molecular weight is 429 g/mol. The lowest BCUT2D eigenvalue weighted by Crippen LogP contribution is -2.32. The van der Waals surface area contributed by atoms with Gasteiger partial charge in [0.1, 0.15) is 11.5 Å². The van der Waals surface area contributed by atoms with Gasteiger partial charge in [0.25, 0.3) is 11.7 Å². The molecule has 30 heavy (non-hydrogen) atoms. The van der Waals surface area contributed by atoms with E-state index in [0.29, 0.717) is 29.3 Å². The minimum absolute atomic E-state index is 0.0809. The number of likely N-dealkylation sites (tertiary alicyclic amines) is 1. The van der Waals surface area contributed by atoms with Crippen LogP contribution >= 0.6 is 11.6 Å². The van der Waals surface area contributed by atoms with Gasteiger partial charge in [-0.2, -0.15) is 0 Å². The molecule has 0 unspecified atom stereocenters. The predicted octanol–water partition coefficient (Wildman–Crippen LogP) is 3.72. The van der Waals surface area contributed by atoms with Crippen LogP contribution in [0.15, 0.2) is 54.1 Å². The molecule has 1 aliphatic rings. The van der Waals surface area contributed by atoms with Gasteiger partial charge in [0.05, 0.1) is 18.7 Å². The fourth-order valence-electron chi connectivity index (χ4n) is 3.56. The number of ketones is 1. The largest absolute Gasteiger partial charge is 0.507 e. The van der Waals surface area contributed by atoms with Crippen molar-refractivity contribution in [1.29, 1.82) is 0 Å². The zero-order valence-corrected chi connectivity index (χ0v) is 18.0. The van der Waals surface area contributed by atoms with E-state index >= 15 is 0 Å². The summed E-state index contributed by atoms with van der Waals surface area (Å²) in [6.07, 6.45) is 0.702. The zero-order chi connectivity index (χ0) is 21.8. The van der Waals surface area contributed by atoms with E-state index < -0.39 is 17.7 Å². The Labute approximate surface area is 181 Å². The maximum Gasteiger partial charge on any atom is 0.295 e. The van der Waals surface area contributed by atoms with Crippen molar-refractivity contribution in [2.45, 2.75) is 12.5 Å². The van der Waals surface area contributed by atoms with Gasteiger partial charge in [0.15, 0.2) is 0 Å². The van der Waals surface area contributed by atoms with Crippen molar-refractivity contribution < 1.29 is 19.4 Å². The number of amides is 1. The number of nitrogens with zero attached hydrogens (tertiary/aromatic N) is 2. The second kappa shape index (κ2) is 9.32. The summed E-state index contributed by atoms with van der Waals surface area (Å²) in [4.78, 5) is 29.3. The van der Waals surface area contributed by atoms with Gasteiger partial charge in [-0.1, -0.05) is 23.7 Å². The van der Waals surface area contributed by atoms with Gasteiger partial charge in [0.2, 0.25) is 0 Å². The number of Topliss-reactive ketones (excluding diaryl/α,β-unsaturated/α-hetero) is 1. The third-order valence-corrected chi connectivity index (χ3v) is 5.35. The van der Waals surface area contributed by atoms with Gasteiger partial charge in [-0.15, -0.1) is 0 Å². The summed E-state index contributed by atoms with van der Waals surface area (Å²) in [6.45, 7) is 1.17. The third-order valence-electron chi connectivity index (χ3n) is 5.09. The third kappa shape index (κ3) is 4.50. The summed E-state index contributed by atoms with van der Waals surface area (Å²) in [6, 6.07) is 13.0. The highest BCUT2D eigenvalue weighted by molar-refractivity contribution is 6.46. The molecule has 1 fully saturated rings. The Kier molecular flexibility index (Phi) is 6.80. The van der Waals surface area contributed by atoms with Crippen LogP contribution in [0.1, 0.15) is 23.6 Å². The molecule has 1 aliphatic heterocycles. The molecule has 2 aromatic carbocycles. The first kappa shape index (κ1) is 21.9. The van der Waals surface area contributed by atoms with Crippen LogP contribution in [-0.4, -0.2) is 60.9 Å². The smallest absolute Gasteiger partial charge is 0.295 e. The molecule has 1 saturated heterocycles. The Morgan fingerprint density at radius 1 is 1.10 bits per heavy atom. The minimum Gasteiger partial charge on any atom is -0.507 e. The number of benzene rings is 2. The van der Waals surface area contributed by atoms with Crippen LogP contribution in [0.2, 0.25) is 5.02 Å². The number of hydrogen-bond acceptors (Lipinski definition) is 5. The van der Waals surface area contributed by atoms with Crippen LogP contribution in [0.5, 0.6) is 5.75 Å². The van der Waals surface area contributed by atoms with E-state index in [1.54, 1.807) is 43.5 Å². The highest BCUT2D eigenvalue weighted by Crippen LogP contribution is 2.40. The second-order valence-electron chi connectivity index (χ2n) is 7.43. The molecule has 2 aromatic rings. The normalized spacial score (nSPS) is 18.3. The molecule has 0 bridgehead atoms. The molecule has 1 amide bonds. The van der Waals surface area contributed by atoms with Crippen molar-refractivity contribution in [3.05, 3.63) is 70.3 Å². The average Bonchev–Trinajstić information content (AvgIpc) is 2.98. The molecule has 0 spiro atoms. The number of aliphatic hydroxyl groups is 1. The van der Waals surface area contributed by atoms with Crippen molar-refractivity contribution in [2.24, 2.45) is 0 Å². The monoisotopic (exact) mass is 428 g/mol. The predicted molar refractivity (Wildman–Crippen MR) is 117 cm³/mol. The maximum atomic E-state index is 12.9. The van der Waals surface area contributed by atoms with Crippen LogP contribution in [-0.2, 0) is 9.59 Å². The molecule has 0 aliphatic carbocycles. The number of aliphatic hydroxyl groups excluding tert-OH is 1. The van der Waals surface area contributed by atoms with Gasteiger partial charge in [-0.25, -0.2) is 0 Å². The van der Waals surface area contributed by atoms with E-state index in [1.165, 1.54) is 4.90 Å². The van der Waals surface area contributed by atoms with E-state index in [9.17, 15) is 14.7 Å². The van der Waals surface area contributed by atoms with Crippen LogP contribution in [0.3, 0.4) is 0 Å². The number of halogens is 1. The molecule has 0 saturated carbocycles. The van der Waals surface area contributed by atoms with Crippen LogP contribution in [0.4, 0.5) is 0 Å². The van der Waals surface area contributed by atoms with Crippen molar-refractivity contribution in [3.63, 3.8) is 0 Å². The number of ether oxygens (including phenoxy) is 1. The molecule has 1 N–H and O–H groups in total. The summed E-state index contributed by atoms with van der Waals surface area (Å²) < 4.78 is 5.22. The fourth-order valence-corrected chi connectivity index (χ4v) is 3.69. The van der Waals surface area contributed by atoms with Gasteiger partial charge in [0, 0.05) is 17.1 Å². The maximum absolute atomic E-state index is 12.9. The van der Waals surface area contributed by atoms with Crippen molar-refractivity contribution in [3.8, 4) is 5.75 Å². The minimum atomic E-state index is -0.687. The van der Waals surface area contributed by atoms with Crippen LogP contribution in [0.25, 0.3) is 5.76 Å². The van der Waals surface area contributed by atoms with Crippen molar-refractivity contribution >= 4 is 29.1 Å². The molecule has 0 aromatic heterocycles. The molecule has 7 heteroatoms. The van der Waals surface area contributed by atoms with E-state index in [4.69, 9.17) is 16.3 Å². The molecule has 1 heterocycles. The van der Waals surface area contributed by atoms with E-state index in [-0.39, 0.29) is 11.3 Å². The molecule has 1 atom stereocenters. The summed E-state index contributed by atoms with van der Waals surface area (Å²) in [7, 11) is 5.48. The number of rotatable bonds is 7. The number of methoxy groups -OCH3 is 1. The van der Waals surface area contributed by atoms with Gasteiger partial charge >= 0.3 is 0 Å². The van der Waals surface area contributed by atoms with Crippen molar-refractivity contribution in [1.82, 2.24) is 9.80 Å². The first-order valence-electron chi connectivity index (χ1n) is 9.66. The number of carbonyl (C=O) groups excluding carboxylic acids is 2. The summed E-state index contributed by atoms with van der Waals surface area (Å²) >= 11 is 5.94. The first-order valence-corrected chi connectivity index (χ1v) is 10.0. The van der Waals surface area contributed by atoms with E-state index in [1.807, 2.05) is 31.1 Å². The van der Waals surface area contributed by atoms with Crippen molar-refractivity contribution in [2.75, 3.05) is 34.3 Å². The Hall–Kier alpha value is -2.83. The lowest BCUT2D eigenvalue weighted by molar-refractivity contribution is -0.139. The molecular formula is C23H25ClN2O4. The SMILES string of the molecule is COc1ccc([C@@H]2/C(=C(\O)c3ccc(Cl)cc3)C(=O)C(=O)N2CCCN(C)C)cc1. The molecule has 0 radical (unpaired) electrons. The lowest BCUT2D eigenvalue weighted by atomic mass is 9.95. The van der Waals surface area contributed by atoms with Gasteiger partial charge < -0.3 is 19.6 Å². The summed E-state index contributed by atoms with van der Waals surface area (Å²) in [5.41, 5.74) is 1.25. The number of hydrogen-bond donors (Lipinski definition) is 1. The van der Waals surface area contributed by atoms with Gasteiger partial charge in [-0.05, 0) is 69.0 Å². The molecule has 158 valence electrons. The zero-order valence-electron chi connectivity index (χ0n) is 17.3. The standard InChI is InChI=1S/C23H25ClN2O4/c1-25(2)13-4-14-26-20(15-7-11-18(30-3)12-8-15)19(22(28)23(26)29)21(27)16-5-9-17(24)10-6-16/h5-12,20,27H,4,13-14H2,1-3H3/b21-19+/t20-/m1/s1. The first-order chi connectivity index (χ1) is 14.3. The highest BCUT2D eigenvalue weighted by atomic mass is 35.5.